The zero-order chi connectivity index (χ0) is 14.7. The molecule has 2 rings (SSSR count). The van der Waals surface area contributed by atoms with Crippen molar-refractivity contribution in [2.75, 3.05) is 5.32 Å². The third-order valence-electron chi connectivity index (χ3n) is 2.58. The maximum Gasteiger partial charge on any atom is 0.325 e. The van der Waals surface area contributed by atoms with Crippen LogP contribution in [-0.4, -0.2) is 32.0 Å². The van der Waals surface area contributed by atoms with Gasteiger partial charge in [-0.1, -0.05) is 11.3 Å². The van der Waals surface area contributed by atoms with Crippen LogP contribution in [0.5, 0.6) is 0 Å². The number of carbonyl (C=O) groups excluding carboxylic acids is 1. The van der Waals surface area contributed by atoms with Gasteiger partial charge in [0, 0.05) is 11.3 Å². The van der Waals surface area contributed by atoms with E-state index in [1.165, 1.54) is 25.3 Å². The van der Waals surface area contributed by atoms with Crippen molar-refractivity contribution >= 4 is 17.6 Å². The SMILES string of the molecule is Cc1c(F)cccc1NC(=O)c1cn(CC(=O)O)nn1. The molecule has 0 saturated carbocycles. The number of hydrogen-bond acceptors (Lipinski definition) is 4. The summed E-state index contributed by atoms with van der Waals surface area (Å²) in [6.07, 6.45) is 1.21. The number of halogens is 1. The molecule has 2 N–H and O–H groups in total. The van der Waals surface area contributed by atoms with Gasteiger partial charge in [0.2, 0.25) is 0 Å². The number of carboxylic acids is 1. The molecule has 1 aromatic heterocycles. The zero-order valence-corrected chi connectivity index (χ0v) is 10.5. The minimum absolute atomic E-state index is 0.0464. The summed E-state index contributed by atoms with van der Waals surface area (Å²) in [5.74, 6) is -2.12. The lowest BCUT2D eigenvalue weighted by molar-refractivity contribution is -0.137. The van der Waals surface area contributed by atoms with E-state index in [0.29, 0.717) is 11.3 Å². The topological polar surface area (TPSA) is 97.1 Å². The van der Waals surface area contributed by atoms with Crippen molar-refractivity contribution in [1.82, 2.24) is 15.0 Å². The van der Waals surface area contributed by atoms with Gasteiger partial charge in [-0.15, -0.1) is 5.10 Å². The van der Waals surface area contributed by atoms with Crippen molar-refractivity contribution in [2.45, 2.75) is 13.5 Å². The van der Waals surface area contributed by atoms with Crippen molar-refractivity contribution in [2.24, 2.45) is 0 Å². The fourth-order valence-corrected chi connectivity index (χ4v) is 1.55. The Morgan fingerprint density at radius 3 is 2.90 bits per heavy atom. The maximum absolute atomic E-state index is 13.3. The summed E-state index contributed by atoms with van der Waals surface area (Å²) in [4.78, 5) is 22.4. The summed E-state index contributed by atoms with van der Waals surface area (Å²) in [5, 5.41) is 18.1. The highest BCUT2D eigenvalue weighted by atomic mass is 19.1. The van der Waals surface area contributed by atoms with Gasteiger partial charge in [0.15, 0.2) is 5.69 Å². The summed E-state index contributed by atoms with van der Waals surface area (Å²) in [6, 6.07) is 4.31. The normalized spacial score (nSPS) is 10.3. The van der Waals surface area contributed by atoms with Gasteiger partial charge in [0.1, 0.15) is 12.4 Å². The molecular weight excluding hydrogens is 267 g/mol. The third-order valence-corrected chi connectivity index (χ3v) is 2.58. The molecule has 0 aliphatic rings. The summed E-state index contributed by atoms with van der Waals surface area (Å²) in [7, 11) is 0. The summed E-state index contributed by atoms with van der Waals surface area (Å²) >= 11 is 0. The lowest BCUT2D eigenvalue weighted by Crippen LogP contribution is -2.14. The Morgan fingerprint density at radius 2 is 2.20 bits per heavy atom. The molecule has 0 fully saturated rings. The third kappa shape index (κ3) is 2.97. The number of aliphatic carboxylic acids is 1. The van der Waals surface area contributed by atoms with E-state index in [1.807, 2.05) is 0 Å². The van der Waals surface area contributed by atoms with Gasteiger partial charge in [-0.25, -0.2) is 9.07 Å². The molecule has 0 aliphatic carbocycles. The van der Waals surface area contributed by atoms with Crippen molar-refractivity contribution < 1.29 is 19.1 Å². The van der Waals surface area contributed by atoms with Crippen molar-refractivity contribution in [3.63, 3.8) is 0 Å². The number of carboxylic acid groups (broad SMARTS) is 1. The molecule has 0 saturated heterocycles. The number of hydrogen-bond donors (Lipinski definition) is 2. The van der Waals surface area contributed by atoms with Gasteiger partial charge in [-0.3, -0.25) is 9.59 Å². The van der Waals surface area contributed by atoms with Crippen LogP contribution < -0.4 is 5.32 Å². The average Bonchev–Trinajstić information content (AvgIpc) is 2.82. The molecule has 0 bridgehead atoms. The average molecular weight is 278 g/mol. The Bertz CT molecular complexity index is 668. The Morgan fingerprint density at radius 1 is 1.45 bits per heavy atom. The van der Waals surface area contributed by atoms with Crippen molar-refractivity contribution in [1.29, 1.82) is 0 Å². The molecule has 20 heavy (non-hydrogen) atoms. The van der Waals surface area contributed by atoms with E-state index in [1.54, 1.807) is 6.07 Å². The van der Waals surface area contributed by atoms with Crippen LogP contribution in [-0.2, 0) is 11.3 Å². The lowest BCUT2D eigenvalue weighted by atomic mass is 10.2. The summed E-state index contributed by atoms with van der Waals surface area (Å²) < 4.78 is 14.4. The molecule has 1 heterocycles. The summed E-state index contributed by atoms with van der Waals surface area (Å²) in [6.45, 7) is 1.14. The number of anilines is 1. The number of nitrogens with zero attached hydrogens (tertiary/aromatic N) is 3. The molecule has 1 amide bonds. The monoisotopic (exact) mass is 278 g/mol. The first kappa shape index (κ1) is 13.7. The smallest absolute Gasteiger partial charge is 0.325 e. The second-order valence-electron chi connectivity index (χ2n) is 4.06. The van der Waals surface area contributed by atoms with Gasteiger partial charge in [0.25, 0.3) is 5.91 Å². The Labute approximate surface area is 113 Å². The van der Waals surface area contributed by atoms with Crippen LogP contribution in [0.3, 0.4) is 0 Å². The van der Waals surface area contributed by atoms with Crippen LogP contribution in [0.1, 0.15) is 16.1 Å². The minimum atomic E-state index is -1.09. The van der Waals surface area contributed by atoms with E-state index in [4.69, 9.17) is 5.11 Å². The quantitative estimate of drug-likeness (QED) is 0.871. The van der Waals surface area contributed by atoms with E-state index in [0.717, 1.165) is 4.68 Å². The van der Waals surface area contributed by atoms with E-state index in [2.05, 4.69) is 15.6 Å². The lowest BCUT2D eigenvalue weighted by Gasteiger charge is -2.06. The zero-order valence-electron chi connectivity index (χ0n) is 10.5. The Balaban J connectivity index is 2.14. The fraction of sp³-hybridized carbons (Fsp3) is 0.167. The van der Waals surface area contributed by atoms with E-state index < -0.39 is 17.7 Å². The first-order valence-electron chi connectivity index (χ1n) is 5.66. The highest BCUT2D eigenvalue weighted by Gasteiger charge is 2.14. The molecule has 0 aliphatic heterocycles. The molecule has 0 radical (unpaired) electrons. The molecule has 104 valence electrons. The predicted octanol–water partition coefficient (Wildman–Crippen LogP) is 1.06. The van der Waals surface area contributed by atoms with Crippen LogP contribution in [0.2, 0.25) is 0 Å². The Kier molecular flexibility index (Phi) is 3.74. The van der Waals surface area contributed by atoms with Gasteiger partial charge in [-0.05, 0) is 19.1 Å². The molecule has 0 spiro atoms. The number of carbonyl (C=O) groups is 2. The molecule has 7 nitrogen and oxygen atoms in total. The molecule has 0 unspecified atom stereocenters. The minimum Gasteiger partial charge on any atom is -0.480 e. The van der Waals surface area contributed by atoms with Crippen LogP contribution in [0.4, 0.5) is 10.1 Å². The van der Waals surface area contributed by atoms with Crippen LogP contribution >= 0.6 is 0 Å². The number of nitrogens with one attached hydrogen (secondary N) is 1. The fourth-order valence-electron chi connectivity index (χ4n) is 1.55. The van der Waals surface area contributed by atoms with Gasteiger partial charge < -0.3 is 10.4 Å². The van der Waals surface area contributed by atoms with Gasteiger partial charge in [0.05, 0.1) is 6.20 Å². The number of benzene rings is 1. The Hall–Kier alpha value is -2.77. The van der Waals surface area contributed by atoms with Gasteiger partial charge in [-0.2, -0.15) is 0 Å². The maximum atomic E-state index is 13.3. The van der Waals surface area contributed by atoms with E-state index in [-0.39, 0.29) is 12.2 Å². The molecule has 8 heteroatoms. The first-order chi connectivity index (χ1) is 9.47. The second-order valence-corrected chi connectivity index (χ2v) is 4.06. The first-order valence-corrected chi connectivity index (χ1v) is 5.66. The highest BCUT2D eigenvalue weighted by molar-refractivity contribution is 6.03. The predicted molar refractivity (Wildman–Crippen MR) is 66.7 cm³/mol. The van der Waals surface area contributed by atoms with Crippen LogP contribution in [0.25, 0.3) is 0 Å². The standard InChI is InChI=1S/C12H11FN4O3/c1-7-8(13)3-2-4-9(7)14-12(20)10-5-17(16-15-10)6-11(18)19/h2-5H,6H2,1H3,(H,14,20)(H,18,19). The molecule has 1 aromatic carbocycles. The van der Waals surface area contributed by atoms with Crippen molar-refractivity contribution in [3.8, 4) is 0 Å². The molecule has 0 atom stereocenters. The van der Waals surface area contributed by atoms with E-state index in [9.17, 15) is 14.0 Å². The highest BCUT2D eigenvalue weighted by Crippen LogP contribution is 2.17. The largest absolute Gasteiger partial charge is 0.480 e. The second kappa shape index (κ2) is 5.47. The number of amides is 1. The van der Waals surface area contributed by atoms with Crippen LogP contribution in [0, 0.1) is 12.7 Å². The molecular formula is C12H11FN4O3. The number of rotatable bonds is 4. The van der Waals surface area contributed by atoms with E-state index >= 15 is 0 Å². The molecule has 2 aromatic rings. The van der Waals surface area contributed by atoms with Crippen molar-refractivity contribution in [3.05, 3.63) is 41.5 Å². The van der Waals surface area contributed by atoms with Gasteiger partial charge >= 0.3 is 5.97 Å². The summed E-state index contributed by atoms with van der Waals surface area (Å²) in [5.41, 5.74) is 0.580. The number of aromatic nitrogens is 3. The van der Waals surface area contributed by atoms with Crippen LogP contribution in [0.15, 0.2) is 24.4 Å².